The predicted octanol–water partition coefficient (Wildman–Crippen LogP) is 2.94. The number of rotatable bonds is 3. The second-order valence-electron chi connectivity index (χ2n) is 4.99. The maximum absolute atomic E-state index is 13.6. The Labute approximate surface area is 113 Å². The van der Waals surface area contributed by atoms with Crippen molar-refractivity contribution < 1.29 is 12.8 Å². The topological polar surface area (TPSA) is 57.9 Å². The van der Waals surface area contributed by atoms with E-state index in [4.69, 9.17) is 5.26 Å². The predicted molar refractivity (Wildman–Crippen MR) is 70.6 cm³/mol. The molecule has 0 saturated heterocycles. The molecule has 0 bridgehead atoms. The van der Waals surface area contributed by atoms with Gasteiger partial charge in [-0.15, -0.1) is 0 Å². The third-order valence-corrected chi connectivity index (χ3v) is 5.79. The van der Waals surface area contributed by atoms with Crippen molar-refractivity contribution in [3.8, 4) is 6.07 Å². The molecule has 1 aliphatic carbocycles. The average Bonchev–Trinajstić information content (AvgIpc) is 2.42. The Morgan fingerprint density at radius 1 is 1.26 bits per heavy atom. The van der Waals surface area contributed by atoms with Crippen LogP contribution in [0.5, 0.6) is 0 Å². The minimum atomic E-state index is -3.33. The Balaban J connectivity index is 2.22. The summed E-state index contributed by atoms with van der Waals surface area (Å²) < 4.78 is 38.1. The van der Waals surface area contributed by atoms with Crippen molar-refractivity contribution in [2.45, 2.75) is 43.1 Å². The van der Waals surface area contributed by atoms with Crippen molar-refractivity contribution in [3.05, 3.63) is 35.1 Å². The monoisotopic (exact) mass is 281 g/mol. The first-order valence-electron chi connectivity index (χ1n) is 6.43. The minimum Gasteiger partial charge on any atom is -0.228 e. The van der Waals surface area contributed by atoms with E-state index in [1.54, 1.807) is 0 Å². The Morgan fingerprint density at radius 2 is 1.95 bits per heavy atom. The Bertz CT molecular complexity index is 598. The lowest BCUT2D eigenvalue weighted by Gasteiger charge is -2.21. The maximum atomic E-state index is 13.6. The summed E-state index contributed by atoms with van der Waals surface area (Å²) in [6, 6.07) is 5.74. The van der Waals surface area contributed by atoms with Gasteiger partial charge < -0.3 is 0 Å². The highest BCUT2D eigenvalue weighted by Crippen LogP contribution is 2.26. The molecule has 1 fully saturated rings. The van der Waals surface area contributed by atoms with Crippen molar-refractivity contribution in [2.75, 3.05) is 0 Å². The van der Waals surface area contributed by atoms with E-state index in [1.165, 1.54) is 12.1 Å². The highest BCUT2D eigenvalue weighted by Gasteiger charge is 2.28. The number of benzene rings is 1. The molecular formula is C14H16FNO2S. The van der Waals surface area contributed by atoms with Crippen LogP contribution < -0.4 is 0 Å². The molecule has 0 amide bonds. The molecule has 0 unspecified atom stereocenters. The van der Waals surface area contributed by atoms with Gasteiger partial charge in [0.1, 0.15) is 5.82 Å². The van der Waals surface area contributed by atoms with E-state index in [2.05, 4.69) is 0 Å². The zero-order chi connectivity index (χ0) is 13.9. The normalized spacial score (nSPS) is 17.1. The quantitative estimate of drug-likeness (QED) is 0.856. The van der Waals surface area contributed by atoms with Gasteiger partial charge in [0, 0.05) is 5.56 Å². The van der Waals surface area contributed by atoms with E-state index in [0.717, 1.165) is 25.3 Å². The first-order valence-corrected chi connectivity index (χ1v) is 8.14. The number of hydrogen-bond acceptors (Lipinski definition) is 3. The fourth-order valence-electron chi connectivity index (χ4n) is 2.51. The molecule has 3 nitrogen and oxygen atoms in total. The Hall–Kier alpha value is -1.41. The Morgan fingerprint density at radius 3 is 2.58 bits per heavy atom. The van der Waals surface area contributed by atoms with Crippen molar-refractivity contribution in [2.24, 2.45) is 0 Å². The molecule has 1 aromatic rings. The lowest BCUT2D eigenvalue weighted by Crippen LogP contribution is -2.25. The number of nitrogens with zero attached hydrogens (tertiary/aromatic N) is 1. The standard InChI is InChI=1S/C14H16FNO2S/c15-14-7-6-11(9-16)8-12(14)10-19(17,18)13-4-2-1-3-5-13/h6-8,13H,1-5,10H2. The van der Waals surface area contributed by atoms with E-state index in [0.29, 0.717) is 12.8 Å². The van der Waals surface area contributed by atoms with Crippen LogP contribution in [0, 0.1) is 17.1 Å². The fraction of sp³-hybridized carbons (Fsp3) is 0.500. The molecule has 1 saturated carbocycles. The molecule has 0 aromatic heterocycles. The molecule has 1 aliphatic rings. The summed E-state index contributed by atoms with van der Waals surface area (Å²) in [5, 5.41) is 8.42. The van der Waals surface area contributed by atoms with Crippen LogP contribution in [0.3, 0.4) is 0 Å². The van der Waals surface area contributed by atoms with Gasteiger partial charge in [0.05, 0.1) is 22.6 Å². The lowest BCUT2D eigenvalue weighted by molar-refractivity contribution is 0.482. The summed E-state index contributed by atoms with van der Waals surface area (Å²) in [5.41, 5.74) is 0.389. The maximum Gasteiger partial charge on any atom is 0.157 e. The first kappa shape index (κ1) is 14.0. The molecule has 5 heteroatoms. The highest BCUT2D eigenvalue weighted by atomic mass is 32.2. The summed E-state index contributed by atoms with van der Waals surface area (Å²) >= 11 is 0. The summed E-state index contributed by atoms with van der Waals surface area (Å²) in [7, 11) is -3.33. The lowest BCUT2D eigenvalue weighted by atomic mass is 10.0. The van der Waals surface area contributed by atoms with Crippen LogP contribution in [-0.4, -0.2) is 13.7 Å². The summed E-state index contributed by atoms with van der Waals surface area (Å²) in [6.07, 6.45) is 4.25. The number of halogens is 1. The van der Waals surface area contributed by atoms with Crippen LogP contribution in [0.15, 0.2) is 18.2 Å². The molecule has 0 spiro atoms. The van der Waals surface area contributed by atoms with Gasteiger partial charge in [0.25, 0.3) is 0 Å². The molecule has 1 aromatic carbocycles. The van der Waals surface area contributed by atoms with Gasteiger partial charge in [-0.1, -0.05) is 19.3 Å². The summed E-state index contributed by atoms with van der Waals surface area (Å²) in [4.78, 5) is 0. The van der Waals surface area contributed by atoms with Gasteiger partial charge >= 0.3 is 0 Å². The van der Waals surface area contributed by atoms with Crippen molar-refractivity contribution in [1.29, 1.82) is 5.26 Å². The van der Waals surface area contributed by atoms with Gasteiger partial charge in [-0.25, -0.2) is 12.8 Å². The zero-order valence-corrected chi connectivity index (χ0v) is 11.4. The largest absolute Gasteiger partial charge is 0.228 e. The van der Waals surface area contributed by atoms with Gasteiger partial charge in [-0.3, -0.25) is 0 Å². The molecule has 0 radical (unpaired) electrons. The third-order valence-electron chi connectivity index (χ3n) is 3.59. The number of hydrogen-bond donors (Lipinski definition) is 0. The van der Waals surface area contributed by atoms with E-state index in [1.807, 2.05) is 6.07 Å². The molecule has 2 rings (SSSR count). The molecule has 102 valence electrons. The first-order chi connectivity index (χ1) is 9.03. The van der Waals surface area contributed by atoms with Crippen LogP contribution in [-0.2, 0) is 15.6 Å². The van der Waals surface area contributed by atoms with Crippen LogP contribution in [0.4, 0.5) is 4.39 Å². The van der Waals surface area contributed by atoms with Crippen LogP contribution in [0.25, 0.3) is 0 Å². The minimum absolute atomic E-state index is 0.102. The van der Waals surface area contributed by atoms with E-state index in [9.17, 15) is 12.8 Å². The van der Waals surface area contributed by atoms with Crippen molar-refractivity contribution in [1.82, 2.24) is 0 Å². The zero-order valence-electron chi connectivity index (χ0n) is 10.6. The van der Waals surface area contributed by atoms with Gasteiger partial charge in [-0.05, 0) is 31.0 Å². The molecule has 0 heterocycles. The summed E-state index contributed by atoms with van der Waals surface area (Å²) in [6.45, 7) is 0. The van der Waals surface area contributed by atoms with Gasteiger partial charge in [-0.2, -0.15) is 5.26 Å². The molecule has 0 atom stereocenters. The molecule has 19 heavy (non-hydrogen) atoms. The van der Waals surface area contributed by atoms with Crippen molar-refractivity contribution in [3.63, 3.8) is 0 Å². The number of sulfone groups is 1. The molecular weight excluding hydrogens is 265 g/mol. The van der Waals surface area contributed by atoms with Crippen LogP contribution >= 0.6 is 0 Å². The second kappa shape index (κ2) is 5.70. The van der Waals surface area contributed by atoms with E-state index >= 15 is 0 Å². The smallest absolute Gasteiger partial charge is 0.157 e. The SMILES string of the molecule is N#Cc1ccc(F)c(CS(=O)(=O)C2CCCCC2)c1. The molecule has 0 N–H and O–H groups in total. The van der Waals surface area contributed by atoms with Gasteiger partial charge in [0.2, 0.25) is 0 Å². The van der Waals surface area contributed by atoms with E-state index < -0.39 is 15.7 Å². The Kier molecular flexibility index (Phi) is 4.20. The molecule has 0 aliphatic heterocycles. The highest BCUT2D eigenvalue weighted by molar-refractivity contribution is 7.91. The second-order valence-corrected chi connectivity index (χ2v) is 7.27. The van der Waals surface area contributed by atoms with Crippen LogP contribution in [0.1, 0.15) is 43.2 Å². The van der Waals surface area contributed by atoms with Gasteiger partial charge in [0.15, 0.2) is 9.84 Å². The fourth-order valence-corrected chi connectivity index (χ4v) is 4.46. The van der Waals surface area contributed by atoms with Crippen LogP contribution in [0.2, 0.25) is 0 Å². The summed E-state index contributed by atoms with van der Waals surface area (Å²) in [5.74, 6) is -0.864. The third kappa shape index (κ3) is 3.32. The van der Waals surface area contributed by atoms with Crippen molar-refractivity contribution >= 4 is 9.84 Å². The number of nitriles is 1. The van der Waals surface area contributed by atoms with E-state index in [-0.39, 0.29) is 22.1 Å². The average molecular weight is 281 g/mol.